The minimum Gasteiger partial charge on any atom is -0.497 e. The van der Waals surface area contributed by atoms with Crippen LogP contribution in [0, 0.1) is 5.92 Å². The summed E-state index contributed by atoms with van der Waals surface area (Å²) in [5.41, 5.74) is 1.13. The molecule has 1 atom stereocenters. The molecule has 0 amide bonds. The van der Waals surface area contributed by atoms with Gasteiger partial charge in [0.25, 0.3) is 0 Å². The zero-order valence-electron chi connectivity index (χ0n) is 9.34. The van der Waals surface area contributed by atoms with Gasteiger partial charge in [-0.1, -0.05) is 26.0 Å². The summed E-state index contributed by atoms with van der Waals surface area (Å²) in [5, 5.41) is 11.7. The molecule has 0 aliphatic rings. The molecule has 0 aliphatic heterocycles. The third-order valence-electron chi connectivity index (χ3n) is 2.45. The predicted octanol–water partition coefficient (Wildman–Crippen LogP) is 2.89. The number of rotatable bonds is 4. The average molecular weight is 207 g/mol. The molecule has 0 radical (unpaired) electrons. The maximum Gasteiger partial charge on any atom is 0.118 e. The van der Waals surface area contributed by atoms with Crippen LogP contribution in [0.25, 0.3) is 0 Å². The van der Waals surface area contributed by atoms with Crippen molar-refractivity contribution >= 4 is 6.21 Å². The summed E-state index contributed by atoms with van der Waals surface area (Å²) < 4.78 is 5.09. The fourth-order valence-corrected chi connectivity index (χ4v) is 1.54. The van der Waals surface area contributed by atoms with Gasteiger partial charge in [0.1, 0.15) is 5.75 Å². The summed E-state index contributed by atoms with van der Waals surface area (Å²) in [7, 11) is 1.64. The largest absolute Gasteiger partial charge is 0.497 e. The maximum absolute atomic E-state index is 8.59. The Labute approximate surface area is 90.4 Å². The van der Waals surface area contributed by atoms with Gasteiger partial charge in [-0.2, -0.15) is 0 Å². The van der Waals surface area contributed by atoms with Crippen molar-refractivity contribution in [3.05, 3.63) is 29.8 Å². The van der Waals surface area contributed by atoms with Gasteiger partial charge in [-0.25, -0.2) is 0 Å². The Morgan fingerprint density at radius 3 is 2.27 bits per heavy atom. The molecule has 0 unspecified atom stereocenters. The van der Waals surface area contributed by atoms with Crippen LogP contribution in [0.4, 0.5) is 0 Å². The number of hydrogen-bond donors (Lipinski definition) is 1. The molecule has 1 aromatic rings. The molecule has 3 heteroatoms. The first-order chi connectivity index (χ1) is 7.19. The Kier molecular flexibility index (Phi) is 4.16. The summed E-state index contributed by atoms with van der Waals surface area (Å²) in [4.78, 5) is 0. The monoisotopic (exact) mass is 207 g/mol. The highest BCUT2D eigenvalue weighted by Crippen LogP contribution is 2.24. The van der Waals surface area contributed by atoms with E-state index in [2.05, 4.69) is 19.0 Å². The fourth-order valence-electron chi connectivity index (χ4n) is 1.54. The van der Waals surface area contributed by atoms with Crippen molar-refractivity contribution in [2.45, 2.75) is 19.8 Å². The minimum absolute atomic E-state index is 0.140. The summed E-state index contributed by atoms with van der Waals surface area (Å²) in [6.07, 6.45) is 1.56. The van der Waals surface area contributed by atoms with Crippen LogP contribution in [0.1, 0.15) is 25.3 Å². The molecular weight excluding hydrogens is 190 g/mol. The van der Waals surface area contributed by atoms with Crippen LogP contribution < -0.4 is 4.74 Å². The van der Waals surface area contributed by atoms with Crippen molar-refractivity contribution in [1.29, 1.82) is 0 Å². The van der Waals surface area contributed by atoms with E-state index in [1.807, 2.05) is 24.3 Å². The molecule has 1 N–H and O–H groups in total. The van der Waals surface area contributed by atoms with E-state index in [1.165, 1.54) is 0 Å². The first kappa shape index (κ1) is 11.6. The molecule has 0 aliphatic carbocycles. The number of benzene rings is 1. The van der Waals surface area contributed by atoms with Crippen molar-refractivity contribution < 1.29 is 9.94 Å². The van der Waals surface area contributed by atoms with E-state index in [0.29, 0.717) is 5.92 Å². The topological polar surface area (TPSA) is 41.8 Å². The lowest BCUT2D eigenvalue weighted by atomic mass is 9.89. The van der Waals surface area contributed by atoms with Crippen molar-refractivity contribution in [3.8, 4) is 5.75 Å². The zero-order valence-corrected chi connectivity index (χ0v) is 9.34. The Morgan fingerprint density at radius 1 is 1.27 bits per heavy atom. The molecule has 0 saturated heterocycles. The maximum atomic E-state index is 8.59. The van der Waals surface area contributed by atoms with Gasteiger partial charge in [-0.15, -0.1) is 5.16 Å². The molecule has 1 aromatic carbocycles. The van der Waals surface area contributed by atoms with Crippen molar-refractivity contribution in [1.82, 2.24) is 0 Å². The van der Waals surface area contributed by atoms with Gasteiger partial charge in [0, 0.05) is 5.92 Å². The third kappa shape index (κ3) is 2.98. The SMILES string of the molecule is COc1ccc([C@@H](/C=N\O)C(C)C)cc1. The predicted molar refractivity (Wildman–Crippen MR) is 60.9 cm³/mol. The van der Waals surface area contributed by atoms with Gasteiger partial charge in [0.05, 0.1) is 13.3 Å². The van der Waals surface area contributed by atoms with E-state index in [1.54, 1.807) is 13.3 Å². The molecule has 0 saturated carbocycles. The highest BCUT2D eigenvalue weighted by atomic mass is 16.5. The van der Waals surface area contributed by atoms with Crippen LogP contribution in [-0.2, 0) is 0 Å². The fraction of sp³-hybridized carbons (Fsp3) is 0.417. The second kappa shape index (κ2) is 5.39. The molecule has 15 heavy (non-hydrogen) atoms. The van der Waals surface area contributed by atoms with Crippen LogP contribution in [0.5, 0.6) is 5.75 Å². The quantitative estimate of drug-likeness (QED) is 0.468. The molecule has 82 valence electrons. The number of hydrogen-bond acceptors (Lipinski definition) is 3. The summed E-state index contributed by atoms with van der Waals surface area (Å²) in [6, 6.07) is 7.81. The van der Waals surface area contributed by atoms with E-state index in [0.717, 1.165) is 11.3 Å². The molecule has 0 fully saturated rings. The Hall–Kier alpha value is -1.51. The van der Waals surface area contributed by atoms with E-state index >= 15 is 0 Å². The minimum atomic E-state index is 0.140. The standard InChI is InChI=1S/C12H17NO2/c1-9(2)12(8-13-14)10-4-6-11(15-3)7-5-10/h4-9,12,14H,1-3H3/b13-8-/t12-/m0/s1. The number of ether oxygens (including phenoxy) is 1. The van der Waals surface area contributed by atoms with Crippen LogP contribution in [0.2, 0.25) is 0 Å². The smallest absolute Gasteiger partial charge is 0.118 e. The highest BCUT2D eigenvalue weighted by Gasteiger charge is 2.13. The van der Waals surface area contributed by atoms with E-state index in [4.69, 9.17) is 9.94 Å². The second-order valence-corrected chi connectivity index (χ2v) is 3.81. The van der Waals surface area contributed by atoms with Gasteiger partial charge in [0.2, 0.25) is 0 Å². The molecule has 1 rings (SSSR count). The van der Waals surface area contributed by atoms with E-state index in [-0.39, 0.29) is 5.92 Å². The lowest BCUT2D eigenvalue weighted by Gasteiger charge is -2.16. The first-order valence-corrected chi connectivity index (χ1v) is 5.00. The van der Waals surface area contributed by atoms with Gasteiger partial charge in [-0.05, 0) is 23.6 Å². The average Bonchev–Trinajstić information content (AvgIpc) is 2.26. The van der Waals surface area contributed by atoms with Crippen molar-refractivity contribution in [2.75, 3.05) is 7.11 Å². The highest BCUT2D eigenvalue weighted by molar-refractivity contribution is 5.67. The third-order valence-corrected chi connectivity index (χ3v) is 2.45. The van der Waals surface area contributed by atoms with Crippen molar-refractivity contribution in [3.63, 3.8) is 0 Å². The molecule has 0 heterocycles. The molecule has 0 bridgehead atoms. The van der Waals surface area contributed by atoms with Crippen LogP contribution in [0.15, 0.2) is 29.4 Å². The van der Waals surface area contributed by atoms with E-state index < -0.39 is 0 Å². The van der Waals surface area contributed by atoms with Gasteiger partial charge in [-0.3, -0.25) is 0 Å². The van der Waals surface area contributed by atoms with Crippen LogP contribution in [-0.4, -0.2) is 18.5 Å². The lowest BCUT2D eigenvalue weighted by Crippen LogP contribution is -2.08. The normalized spacial score (nSPS) is 13.3. The number of methoxy groups -OCH3 is 1. The second-order valence-electron chi connectivity index (χ2n) is 3.81. The van der Waals surface area contributed by atoms with Gasteiger partial charge >= 0.3 is 0 Å². The van der Waals surface area contributed by atoms with Crippen LogP contribution >= 0.6 is 0 Å². The van der Waals surface area contributed by atoms with Crippen molar-refractivity contribution in [2.24, 2.45) is 11.1 Å². The molecule has 0 spiro atoms. The Balaban J connectivity index is 2.91. The van der Waals surface area contributed by atoms with Gasteiger partial charge in [0.15, 0.2) is 0 Å². The number of oxime groups is 1. The van der Waals surface area contributed by atoms with Gasteiger partial charge < -0.3 is 9.94 Å². The van der Waals surface area contributed by atoms with E-state index in [9.17, 15) is 0 Å². The molecule has 3 nitrogen and oxygen atoms in total. The lowest BCUT2D eigenvalue weighted by molar-refractivity contribution is 0.318. The number of nitrogens with zero attached hydrogens (tertiary/aromatic N) is 1. The molecular formula is C12H17NO2. The molecule has 0 aromatic heterocycles. The zero-order chi connectivity index (χ0) is 11.3. The summed E-state index contributed by atoms with van der Waals surface area (Å²) >= 11 is 0. The first-order valence-electron chi connectivity index (χ1n) is 5.00. The Bertz CT molecular complexity index is 317. The van der Waals surface area contributed by atoms with Crippen LogP contribution in [0.3, 0.4) is 0 Å². The summed E-state index contributed by atoms with van der Waals surface area (Å²) in [6.45, 7) is 4.19. The summed E-state index contributed by atoms with van der Waals surface area (Å²) in [5.74, 6) is 1.37. The Morgan fingerprint density at radius 2 is 1.87 bits per heavy atom.